The number of thiophene rings is 1. The quantitative estimate of drug-likeness (QED) is 0.574. The molecule has 3 rings (SSSR count). The Balaban J connectivity index is 1.94. The summed E-state index contributed by atoms with van der Waals surface area (Å²) in [4.78, 5) is 26.0. The van der Waals surface area contributed by atoms with Crippen molar-refractivity contribution in [3.05, 3.63) is 76.7 Å². The molecule has 28 heavy (non-hydrogen) atoms. The van der Waals surface area contributed by atoms with Crippen LogP contribution in [0.4, 0.5) is 5.69 Å². The minimum absolute atomic E-state index is 0.0694. The van der Waals surface area contributed by atoms with Crippen molar-refractivity contribution >= 4 is 28.9 Å². The van der Waals surface area contributed by atoms with Gasteiger partial charge in [0.1, 0.15) is 4.88 Å². The number of amides is 1. The van der Waals surface area contributed by atoms with Crippen molar-refractivity contribution < 1.29 is 14.3 Å². The molecule has 1 aromatic heterocycles. The van der Waals surface area contributed by atoms with Crippen LogP contribution in [0, 0.1) is 0 Å². The topological polar surface area (TPSA) is 55.4 Å². The third-order valence-corrected chi connectivity index (χ3v) is 5.59. The molecule has 0 aliphatic carbocycles. The molecule has 144 valence electrons. The Morgan fingerprint density at radius 1 is 0.964 bits per heavy atom. The van der Waals surface area contributed by atoms with E-state index >= 15 is 0 Å². The minimum Gasteiger partial charge on any atom is -0.465 e. The van der Waals surface area contributed by atoms with E-state index in [9.17, 15) is 9.59 Å². The van der Waals surface area contributed by atoms with Crippen molar-refractivity contribution in [3.63, 3.8) is 0 Å². The van der Waals surface area contributed by atoms with Crippen LogP contribution in [0.2, 0.25) is 0 Å². The molecule has 3 aromatic rings. The van der Waals surface area contributed by atoms with Crippen molar-refractivity contribution in [1.29, 1.82) is 0 Å². The second-order valence-corrected chi connectivity index (χ2v) is 8.54. The van der Waals surface area contributed by atoms with Gasteiger partial charge < -0.3 is 10.1 Å². The van der Waals surface area contributed by atoms with Crippen molar-refractivity contribution in [3.8, 4) is 10.4 Å². The molecule has 1 N–H and O–H groups in total. The van der Waals surface area contributed by atoms with Gasteiger partial charge in [-0.25, -0.2) is 4.79 Å². The summed E-state index contributed by atoms with van der Waals surface area (Å²) in [5.74, 6) is -0.732. The van der Waals surface area contributed by atoms with Crippen molar-refractivity contribution in [1.82, 2.24) is 0 Å². The van der Waals surface area contributed by atoms with Crippen molar-refractivity contribution in [2.75, 3.05) is 12.4 Å². The Hall–Kier alpha value is -2.92. The fraction of sp³-hybridized carbons (Fsp3) is 0.217. The van der Waals surface area contributed by atoms with Crippen LogP contribution in [0.5, 0.6) is 0 Å². The van der Waals surface area contributed by atoms with Gasteiger partial charge >= 0.3 is 5.97 Å². The Morgan fingerprint density at radius 2 is 1.61 bits per heavy atom. The largest absolute Gasteiger partial charge is 0.465 e. The average molecular weight is 394 g/mol. The summed E-state index contributed by atoms with van der Waals surface area (Å²) >= 11 is 1.31. The molecule has 1 heterocycles. The maximum Gasteiger partial charge on any atom is 0.350 e. The Kier molecular flexibility index (Phi) is 5.66. The molecule has 0 aliphatic heterocycles. The molecule has 0 saturated heterocycles. The second kappa shape index (κ2) is 7.98. The Labute approximate surface area is 169 Å². The summed E-state index contributed by atoms with van der Waals surface area (Å²) in [7, 11) is 1.34. The van der Waals surface area contributed by atoms with E-state index in [1.807, 2.05) is 24.3 Å². The fourth-order valence-corrected chi connectivity index (χ4v) is 3.83. The SMILES string of the molecule is COC(=O)c1sc(-c2ccc(C(C)(C)C)cc2)cc1NC(=O)c1ccccc1. The number of carbonyl (C=O) groups is 2. The van der Waals surface area contributed by atoms with E-state index < -0.39 is 5.97 Å². The van der Waals surface area contributed by atoms with Crippen LogP contribution < -0.4 is 5.32 Å². The lowest BCUT2D eigenvalue weighted by Crippen LogP contribution is -2.13. The van der Waals surface area contributed by atoms with Gasteiger partial charge in [0.05, 0.1) is 12.8 Å². The number of anilines is 1. The minimum atomic E-state index is -0.467. The molecule has 4 nitrogen and oxygen atoms in total. The van der Waals surface area contributed by atoms with Crippen LogP contribution >= 0.6 is 11.3 Å². The zero-order valence-electron chi connectivity index (χ0n) is 16.4. The lowest BCUT2D eigenvalue weighted by atomic mass is 9.86. The molecule has 0 aliphatic rings. The predicted molar refractivity (Wildman–Crippen MR) is 114 cm³/mol. The van der Waals surface area contributed by atoms with Crippen LogP contribution in [0.3, 0.4) is 0 Å². The molecule has 0 saturated carbocycles. The molecular weight excluding hydrogens is 370 g/mol. The third kappa shape index (κ3) is 4.31. The van der Waals surface area contributed by atoms with Crippen LogP contribution in [0.1, 0.15) is 46.4 Å². The summed E-state index contributed by atoms with van der Waals surface area (Å²) in [6.07, 6.45) is 0. The zero-order valence-corrected chi connectivity index (χ0v) is 17.2. The highest BCUT2D eigenvalue weighted by Gasteiger charge is 2.20. The normalized spacial score (nSPS) is 11.1. The summed E-state index contributed by atoms with van der Waals surface area (Å²) < 4.78 is 4.90. The number of nitrogens with one attached hydrogen (secondary N) is 1. The summed E-state index contributed by atoms with van der Waals surface area (Å²) in [5.41, 5.74) is 3.28. The molecule has 0 spiro atoms. The lowest BCUT2D eigenvalue weighted by Gasteiger charge is -2.18. The molecule has 5 heteroatoms. The Morgan fingerprint density at radius 3 is 2.18 bits per heavy atom. The van der Waals surface area contributed by atoms with Crippen molar-refractivity contribution in [2.24, 2.45) is 0 Å². The van der Waals surface area contributed by atoms with E-state index in [2.05, 4.69) is 38.2 Å². The predicted octanol–water partition coefficient (Wildman–Crippen LogP) is 5.75. The van der Waals surface area contributed by atoms with Gasteiger partial charge in [-0.3, -0.25) is 4.79 Å². The molecule has 0 atom stereocenters. The van der Waals surface area contributed by atoms with Gasteiger partial charge in [-0.1, -0.05) is 63.2 Å². The van der Waals surface area contributed by atoms with E-state index in [-0.39, 0.29) is 11.3 Å². The first-order chi connectivity index (χ1) is 13.3. The van der Waals surface area contributed by atoms with E-state index in [0.717, 1.165) is 10.4 Å². The highest BCUT2D eigenvalue weighted by molar-refractivity contribution is 7.18. The van der Waals surface area contributed by atoms with Gasteiger partial charge in [0.25, 0.3) is 5.91 Å². The standard InChI is InChI=1S/C23H23NO3S/c1-23(2,3)17-12-10-15(11-13-17)19-14-18(20(28-19)22(26)27-4)24-21(25)16-8-6-5-7-9-16/h5-14H,1-4H3,(H,24,25). The zero-order chi connectivity index (χ0) is 20.3. The molecule has 0 unspecified atom stereocenters. The highest BCUT2D eigenvalue weighted by Crippen LogP contribution is 2.36. The van der Waals surface area contributed by atoms with Gasteiger partial charge in [0, 0.05) is 10.4 Å². The Bertz CT molecular complexity index is 983. The first kappa shape index (κ1) is 19.8. The average Bonchev–Trinajstić information content (AvgIpc) is 3.11. The second-order valence-electron chi connectivity index (χ2n) is 7.49. The molecule has 2 aromatic carbocycles. The van der Waals surface area contributed by atoms with Gasteiger partial charge in [-0.05, 0) is 34.7 Å². The van der Waals surface area contributed by atoms with Crippen LogP contribution in [0.15, 0.2) is 60.7 Å². The number of benzene rings is 2. The summed E-state index contributed by atoms with van der Waals surface area (Å²) in [6.45, 7) is 6.50. The number of rotatable bonds is 4. The fourth-order valence-electron chi connectivity index (χ4n) is 2.79. The molecule has 1 amide bonds. The lowest BCUT2D eigenvalue weighted by molar-refractivity contribution is 0.0607. The third-order valence-electron chi connectivity index (χ3n) is 4.42. The van der Waals surface area contributed by atoms with Crippen LogP contribution in [-0.4, -0.2) is 19.0 Å². The van der Waals surface area contributed by atoms with Gasteiger partial charge in [-0.2, -0.15) is 0 Å². The van der Waals surface area contributed by atoms with Crippen LogP contribution in [0.25, 0.3) is 10.4 Å². The highest BCUT2D eigenvalue weighted by atomic mass is 32.1. The van der Waals surface area contributed by atoms with Crippen molar-refractivity contribution in [2.45, 2.75) is 26.2 Å². The van der Waals surface area contributed by atoms with Gasteiger partial charge in [-0.15, -0.1) is 11.3 Å². The number of carbonyl (C=O) groups excluding carboxylic acids is 2. The number of hydrogen-bond acceptors (Lipinski definition) is 4. The maximum atomic E-state index is 12.5. The number of ether oxygens (including phenoxy) is 1. The summed E-state index contributed by atoms with van der Waals surface area (Å²) in [5, 5.41) is 2.84. The molecule has 0 fully saturated rings. The van der Waals surface area contributed by atoms with E-state index in [0.29, 0.717) is 16.1 Å². The number of methoxy groups -OCH3 is 1. The van der Waals surface area contributed by atoms with E-state index in [4.69, 9.17) is 4.74 Å². The maximum absolute atomic E-state index is 12.5. The first-order valence-corrected chi connectivity index (χ1v) is 9.80. The smallest absolute Gasteiger partial charge is 0.350 e. The monoisotopic (exact) mass is 393 g/mol. The van der Waals surface area contributed by atoms with Gasteiger partial charge in [0.2, 0.25) is 0 Å². The van der Waals surface area contributed by atoms with E-state index in [1.165, 1.54) is 24.0 Å². The van der Waals surface area contributed by atoms with E-state index in [1.54, 1.807) is 24.3 Å². The first-order valence-electron chi connectivity index (χ1n) is 8.99. The molecular formula is C23H23NO3S. The van der Waals surface area contributed by atoms with Gasteiger partial charge in [0.15, 0.2) is 0 Å². The van der Waals surface area contributed by atoms with Crippen LogP contribution in [-0.2, 0) is 10.2 Å². The summed E-state index contributed by atoms with van der Waals surface area (Å²) in [6, 6.07) is 19.0. The number of esters is 1. The molecule has 0 radical (unpaired) electrons. The molecule has 0 bridgehead atoms. The number of hydrogen-bond donors (Lipinski definition) is 1.